The molecule has 0 aliphatic rings. The van der Waals surface area contributed by atoms with E-state index < -0.39 is 6.61 Å². The Balaban J connectivity index is 2.51. The number of rotatable bonds is 8. The number of halogens is 2. The summed E-state index contributed by atoms with van der Waals surface area (Å²) in [6, 6.07) is 4.82. The molecular formula is C13H18F2N2O3. The number of carbonyl (C=O) groups excluding carboxylic acids is 1. The van der Waals surface area contributed by atoms with E-state index in [4.69, 9.17) is 4.74 Å². The molecule has 7 heteroatoms. The van der Waals surface area contributed by atoms with Gasteiger partial charge in [0, 0.05) is 26.6 Å². The standard InChI is InChI=1S/C13H18F2N2O3/c1-9(18)17-6-5-16-8-10-3-4-11(19-2)12(7-10)20-13(14)15/h3-4,7,13,16H,5-6,8H2,1-2H3,(H,17,18). The van der Waals surface area contributed by atoms with Crippen LogP contribution in [0.1, 0.15) is 12.5 Å². The van der Waals surface area contributed by atoms with Crippen molar-refractivity contribution in [2.75, 3.05) is 20.2 Å². The summed E-state index contributed by atoms with van der Waals surface area (Å²) in [7, 11) is 1.39. The van der Waals surface area contributed by atoms with Gasteiger partial charge >= 0.3 is 6.61 Å². The SMILES string of the molecule is COc1ccc(CNCCNC(C)=O)cc1OC(F)F. The Bertz CT molecular complexity index is 442. The number of nitrogens with one attached hydrogen (secondary N) is 2. The van der Waals surface area contributed by atoms with Crippen LogP contribution in [0.2, 0.25) is 0 Å². The van der Waals surface area contributed by atoms with Gasteiger partial charge in [-0.1, -0.05) is 6.07 Å². The van der Waals surface area contributed by atoms with Crippen LogP contribution < -0.4 is 20.1 Å². The van der Waals surface area contributed by atoms with Crippen molar-refractivity contribution in [1.82, 2.24) is 10.6 Å². The maximum Gasteiger partial charge on any atom is 0.387 e. The van der Waals surface area contributed by atoms with Crippen LogP contribution in [0.25, 0.3) is 0 Å². The van der Waals surface area contributed by atoms with Gasteiger partial charge in [-0.25, -0.2) is 0 Å². The van der Waals surface area contributed by atoms with Crippen molar-refractivity contribution < 1.29 is 23.0 Å². The van der Waals surface area contributed by atoms with Gasteiger partial charge in [-0.2, -0.15) is 8.78 Å². The molecule has 0 aliphatic heterocycles. The Hall–Kier alpha value is -1.89. The number of amides is 1. The van der Waals surface area contributed by atoms with Crippen molar-refractivity contribution in [1.29, 1.82) is 0 Å². The summed E-state index contributed by atoms with van der Waals surface area (Å²) in [5, 5.41) is 5.72. The van der Waals surface area contributed by atoms with Crippen molar-refractivity contribution in [3.8, 4) is 11.5 Å². The average molecular weight is 288 g/mol. The molecule has 20 heavy (non-hydrogen) atoms. The Morgan fingerprint density at radius 3 is 2.65 bits per heavy atom. The largest absolute Gasteiger partial charge is 0.493 e. The Labute approximate surface area is 116 Å². The zero-order valence-corrected chi connectivity index (χ0v) is 11.4. The smallest absolute Gasteiger partial charge is 0.387 e. The third-order valence-electron chi connectivity index (χ3n) is 2.45. The van der Waals surface area contributed by atoms with Crippen molar-refractivity contribution in [2.45, 2.75) is 20.1 Å². The lowest BCUT2D eigenvalue weighted by Gasteiger charge is -2.12. The van der Waals surface area contributed by atoms with Crippen LogP contribution in [-0.2, 0) is 11.3 Å². The van der Waals surface area contributed by atoms with Gasteiger partial charge in [0.1, 0.15) is 0 Å². The predicted octanol–water partition coefficient (Wildman–Crippen LogP) is 1.52. The Morgan fingerprint density at radius 2 is 2.05 bits per heavy atom. The van der Waals surface area contributed by atoms with E-state index in [2.05, 4.69) is 15.4 Å². The number of carbonyl (C=O) groups is 1. The lowest BCUT2D eigenvalue weighted by atomic mass is 10.2. The van der Waals surface area contributed by atoms with Crippen LogP contribution in [-0.4, -0.2) is 32.7 Å². The first-order chi connectivity index (χ1) is 9.52. The third kappa shape index (κ3) is 5.83. The van der Waals surface area contributed by atoms with E-state index in [1.807, 2.05) is 0 Å². The fraction of sp³-hybridized carbons (Fsp3) is 0.462. The topological polar surface area (TPSA) is 59.6 Å². The van der Waals surface area contributed by atoms with Gasteiger partial charge in [0.25, 0.3) is 0 Å². The molecule has 0 saturated heterocycles. The molecule has 0 heterocycles. The first-order valence-corrected chi connectivity index (χ1v) is 6.10. The van der Waals surface area contributed by atoms with Gasteiger partial charge in [0.2, 0.25) is 5.91 Å². The van der Waals surface area contributed by atoms with Gasteiger partial charge in [-0.3, -0.25) is 4.79 Å². The summed E-state index contributed by atoms with van der Waals surface area (Å²) in [4.78, 5) is 10.7. The Morgan fingerprint density at radius 1 is 1.30 bits per heavy atom. The highest BCUT2D eigenvalue weighted by molar-refractivity contribution is 5.72. The number of benzene rings is 1. The summed E-state index contributed by atoms with van der Waals surface area (Å²) >= 11 is 0. The van der Waals surface area contributed by atoms with Crippen molar-refractivity contribution in [3.63, 3.8) is 0 Å². The van der Waals surface area contributed by atoms with E-state index in [1.54, 1.807) is 12.1 Å². The maximum atomic E-state index is 12.3. The van der Waals surface area contributed by atoms with E-state index in [1.165, 1.54) is 20.1 Å². The molecule has 1 aromatic carbocycles. The van der Waals surface area contributed by atoms with E-state index in [9.17, 15) is 13.6 Å². The molecule has 0 aromatic heterocycles. The lowest BCUT2D eigenvalue weighted by molar-refractivity contribution is -0.118. The second-order valence-corrected chi connectivity index (χ2v) is 4.02. The molecule has 112 valence electrons. The molecule has 0 unspecified atom stereocenters. The van der Waals surface area contributed by atoms with Crippen LogP contribution in [0, 0.1) is 0 Å². The molecule has 0 spiro atoms. The molecule has 0 atom stereocenters. The van der Waals surface area contributed by atoms with Crippen molar-refractivity contribution in [2.24, 2.45) is 0 Å². The molecule has 0 aliphatic carbocycles. The molecule has 0 bridgehead atoms. The molecule has 2 N–H and O–H groups in total. The minimum absolute atomic E-state index is 0.00339. The van der Waals surface area contributed by atoms with Crippen LogP contribution in [0.3, 0.4) is 0 Å². The molecule has 1 aromatic rings. The van der Waals surface area contributed by atoms with Crippen LogP contribution in [0.5, 0.6) is 11.5 Å². The molecule has 5 nitrogen and oxygen atoms in total. The number of hydrogen-bond donors (Lipinski definition) is 2. The van der Waals surface area contributed by atoms with E-state index in [0.29, 0.717) is 19.6 Å². The van der Waals surface area contributed by atoms with Crippen LogP contribution in [0.15, 0.2) is 18.2 Å². The zero-order valence-electron chi connectivity index (χ0n) is 11.4. The summed E-state index contributed by atoms with van der Waals surface area (Å²) in [5.74, 6) is 0.167. The van der Waals surface area contributed by atoms with Gasteiger partial charge in [0.05, 0.1) is 7.11 Å². The lowest BCUT2D eigenvalue weighted by Crippen LogP contribution is -2.29. The molecule has 1 amide bonds. The van der Waals surface area contributed by atoms with E-state index >= 15 is 0 Å². The van der Waals surface area contributed by atoms with Gasteiger partial charge < -0.3 is 20.1 Å². The van der Waals surface area contributed by atoms with Gasteiger partial charge in [-0.15, -0.1) is 0 Å². The second kappa shape index (κ2) is 8.31. The average Bonchev–Trinajstić information content (AvgIpc) is 2.37. The summed E-state index contributed by atoms with van der Waals surface area (Å²) in [6.07, 6.45) is 0. The van der Waals surface area contributed by atoms with Crippen LogP contribution in [0.4, 0.5) is 8.78 Å². The van der Waals surface area contributed by atoms with Gasteiger partial charge in [-0.05, 0) is 17.7 Å². The fourth-order valence-corrected chi connectivity index (χ4v) is 1.58. The van der Waals surface area contributed by atoms with Gasteiger partial charge in [0.15, 0.2) is 11.5 Å². The van der Waals surface area contributed by atoms with Crippen LogP contribution >= 0.6 is 0 Å². The quantitative estimate of drug-likeness (QED) is 0.712. The summed E-state index contributed by atoms with van der Waals surface area (Å²) in [6.45, 7) is 0.107. The number of alkyl halides is 2. The fourth-order valence-electron chi connectivity index (χ4n) is 1.58. The monoisotopic (exact) mass is 288 g/mol. The minimum atomic E-state index is -2.90. The minimum Gasteiger partial charge on any atom is -0.493 e. The maximum absolute atomic E-state index is 12.3. The molecular weight excluding hydrogens is 270 g/mol. The van der Waals surface area contributed by atoms with E-state index in [0.717, 1.165) is 5.56 Å². The number of hydrogen-bond acceptors (Lipinski definition) is 4. The summed E-state index contributed by atoms with van der Waals surface area (Å²) in [5.41, 5.74) is 0.782. The molecule has 1 rings (SSSR count). The zero-order chi connectivity index (χ0) is 15.0. The Kier molecular flexibility index (Phi) is 6.72. The number of methoxy groups -OCH3 is 1. The van der Waals surface area contributed by atoms with Crippen molar-refractivity contribution in [3.05, 3.63) is 23.8 Å². The first-order valence-electron chi connectivity index (χ1n) is 6.10. The second-order valence-electron chi connectivity index (χ2n) is 4.02. The highest BCUT2D eigenvalue weighted by Crippen LogP contribution is 2.29. The molecule has 0 radical (unpaired) electrons. The predicted molar refractivity (Wildman–Crippen MR) is 70.0 cm³/mol. The highest BCUT2D eigenvalue weighted by Gasteiger charge is 2.11. The normalized spacial score (nSPS) is 10.4. The molecule has 0 fully saturated rings. The van der Waals surface area contributed by atoms with Crippen molar-refractivity contribution >= 4 is 5.91 Å². The third-order valence-corrected chi connectivity index (χ3v) is 2.45. The first kappa shape index (κ1) is 16.2. The molecule has 0 saturated carbocycles. The number of ether oxygens (including phenoxy) is 2. The highest BCUT2D eigenvalue weighted by atomic mass is 19.3. The van der Waals surface area contributed by atoms with E-state index in [-0.39, 0.29) is 17.4 Å². The summed E-state index contributed by atoms with van der Waals surface area (Å²) < 4.78 is 33.9.